The van der Waals surface area contributed by atoms with E-state index in [-0.39, 0.29) is 0 Å². The molecule has 0 saturated carbocycles. The van der Waals surface area contributed by atoms with Crippen LogP contribution in [0.3, 0.4) is 0 Å². The largest absolute Gasteiger partial charge is 0.328 e. The molecule has 182 valence electrons. The lowest BCUT2D eigenvalue weighted by atomic mass is 9.88. The monoisotopic (exact) mass is 447 g/mol. The first-order valence-corrected chi connectivity index (χ1v) is 13.6. The molecule has 5 heteroatoms. The highest BCUT2D eigenvalue weighted by molar-refractivity contribution is 7.19. The Morgan fingerprint density at radius 1 is 0.600 bits per heavy atom. The molecule has 0 radical (unpaired) electrons. The first-order valence-electron chi connectivity index (χ1n) is 13.0. The molecule has 0 fully saturated rings. The number of unbranched alkanes of at least 4 members (excludes halogenated alkanes) is 15. The molecule has 0 aromatic rings. The highest BCUT2D eigenvalue weighted by Crippen LogP contribution is 2.37. The second-order valence-electron chi connectivity index (χ2n) is 9.15. The van der Waals surface area contributed by atoms with E-state index in [4.69, 9.17) is 15.3 Å². The molecule has 1 atom stereocenters. The van der Waals surface area contributed by atoms with Gasteiger partial charge in [-0.2, -0.15) is 0 Å². The van der Waals surface area contributed by atoms with E-state index >= 15 is 0 Å². The summed E-state index contributed by atoms with van der Waals surface area (Å²) in [5, 5.41) is 14.2. The Labute approximate surface area is 190 Å². The van der Waals surface area contributed by atoms with E-state index in [2.05, 4.69) is 30.0 Å². The quantitative estimate of drug-likeness (QED) is 0.0824. The summed E-state index contributed by atoms with van der Waals surface area (Å²) in [6.07, 6.45) is 30.2. The van der Waals surface area contributed by atoms with Gasteiger partial charge in [-0.25, -0.2) is 0 Å². The van der Waals surface area contributed by atoms with Crippen LogP contribution in [0.2, 0.25) is 0 Å². The van der Waals surface area contributed by atoms with Gasteiger partial charge in [0.05, 0.1) is 0 Å². The Kier molecular flexibility index (Phi) is 26.4. The van der Waals surface area contributed by atoms with E-state index in [0.717, 1.165) is 0 Å². The van der Waals surface area contributed by atoms with Gasteiger partial charge in [-0.3, -0.25) is 0 Å². The molecule has 0 amide bonds. The highest BCUT2D eigenvalue weighted by Gasteiger charge is 2.23. The van der Waals surface area contributed by atoms with Gasteiger partial charge in [-0.15, -0.1) is 19.4 Å². The molecule has 0 aliphatic heterocycles. The summed E-state index contributed by atoms with van der Waals surface area (Å²) >= 11 is 0. The van der Waals surface area contributed by atoms with Gasteiger partial charge in [0, 0.05) is 0 Å². The summed E-state index contributed by atoms with van der Waals surface area (Å²) in [4.78, 5) is 8.36. The van der Waals surface area contributed by atoms with Gasteiger partial charge < -0.3 is 5.21 Å². The molecule has 0 bridgehead atoms. The molecule has 0 rings (SSSR count). The number of rotatable bonds is 21. The fourth-order valence-corrected chi connectivity index (χ4v) is 4.76. The lowest BCUT2D eigenvalue weighted by Gasteiger charge is -2.30. The van der Waals surface area contributed by atoms with Crippen LogP contribution in [0.25, 0.3) is 0 Å². The van der Waals surface area contributed by atoms with Crippen LogP contribution in [0.1, 0.15) is 156 Å². The molecule has 0 spiro atoms. The van der Waals surface area contributed by atoms with E-state index < -0.39 is 5.09 Å². The highest BCUT2D eigenvalue weighted by atomic mass is 31.0. The van der Waals surface area contributed by atoms with Crippen LogP contribution in [0, 0.1) is 10.1 Å². The molecule has 1 unspecified atom stereocenters. The minimum absolute atomic E-state index is 0.556. The maximum atomic E-state index is 8.36. The van der Waals surface area contributed by atoms with Crippen molar-refractivity contribution < 1.29 is 10.3 Å². The summed E-state index contributed by atoms with van der Waals surface area (Å²) < 4.78 is 0. The molecule has 0 aliphatic carbocycles. The Bertz CT molecular complexity index is 308. The second kappa shape index (κ2) is 24.9. The minimum Gasteiger partial charge on any atom is -0.328 e. The maximum Gasteiger partial charge on any atom is 0.291 e. The average molecular weight is 448 g/mol. The Morgan fingerprint density at radius 3 is 1.03 bits per heavy atom. The van der Waals surface area contributed by atoms with E-state index in [1.807, 2.05) is 0 Å². The van der Waals surface area contributed by atoms with Crippen LogP contribution in [-0.2, 0) is 0 Å². The topological polar surface area (TPSA) is 63.4 Å². The van der Waals surface area contributed by atoms with Gasteiger partial charge in [0.2, 0.25) is 0 Å². The third-order valence-electron chi connectivity index (χ3n) is 6.08. The van der Waals surface area contributed by atoms with Gasteiger partial charge in [0.1, 0.15) is 0 Å². The van der Waals surface area contributed by atoms with Crippen LogP contribution < -0.4 is 0 Å². The van der Waals surface area contributed by atoms with Crippen molar-refractivity contribution in [3.05, 3.63) is 10.1 Å². The van der Waals surface area contributed by atoms with Crippen molar-refractivity contribution in [3.63, 3.8) is 0 Å². The van der Waals surface area contributed by atoms with Crippen LogP contribution in [-0.4, -0.2) is 15.4 Å². The van der Waals surface area contributed by atoms with Crippen molar-refractivity contribution in [2.75, 3.05) is 0 Å². The second-order valence-corrected chi connectivity index (χ2v) is 10.4. The van der Waals surface area contributed by atoms with Crippen LogP contribution in [0.15, 0.2) is 0 Å². The standard InChI is InChI=1S/C25H53P.HNO3/c1-4-7-10-13-16-19-22-25(26,23-20-17-14-11-8-5-2)24-21-18-15-12-9-6-3;2-1(3)4/h4-24,26H2,1-3H3;(H,2,3,4). The predicted octanol–water partition coefficient (Wildman–Crippen LogP) is 9.50. The van der Waals surface area contributed by atoms with Crippen molar-refractivity contribution in [1.82, 2.24) is 0 Å². The minimum atomic E-state index is -1.50. The zero-order chi connectivity index (χ0) is 22.9. The average Bonchev–Trinajstić information content (AvgIpc) is 2.70. The molecule has 4 nitrogen and oxygen atoms in total. The first kappa shape index (κ1) is 31.8. The summed E-state index contributed by atoms with van der Waals surface area (Å²) in [7, 11) is 3.34. The Morgan fingerprint density at radius 2 is 0.800 bits per heavy atom. The number of nitrogens with zero attached hydrogens (tertiary/aromatic N) is 1. The van der Waals surface area contributed by atoms with Crippen LogP contribution in [0.5, 0.6) is 0 Å². The van der Waals surface area contributed by atoms with Crippen molar-refractivity contribution >= 4 is 9.24 Å². The summed E-state index contributed by atoms with van der Waals surface area (Å²) in [6.45, 7) is 6.94. The van der Waals surface area contributed by atoms with Crippen LogP contribution >= 0.6 is 9.24 Å². The van der Waals surface area contributed by atoms with Crippen molar-refractivity contribution in [3.8, 4) is 0 Å². The maximum absolute atomic E-state index is 8.36. The fourth-order valence-electron chi connectivity index (χ4n) is 4.15. The molecule has 30 heavy (non-hydrogen) atoms. The van der Waals surface area contributed by atoms with Gasteiger partial charge in [-0.05, 0) is 24.4 Å². The van der Waals surface area contributed by atoms with Gasteiger partial charge in [0.15, 0.2) is 0 Å². The van der Waals surface area contributed by atoms with Crippen molar-refractivity contribution in [1.29, 1.82) is 0 Å². The van der Waals surface area contributed by atoms with Crippen molar-refractivity contribution in [2.45, 2.75) is 161 Å². The molecule has 0 saturated heterocycles. The molecule has 0 aromatic heterocycles. The summed E-state index contributed by atoms with van der Waals surface area (Å²) in [6, 6.07) is 0. The normalized spacial score (nSPS) is 11.2. The lowest BCUT2D eigenvalue weighted by Crippen LogP contribution is -2.20. The molecule has 0 aromatic carbocycles. The third kappa shape index (κ3) is 27.6. The zero-order valence-corrected chi connectivity index (χ0v) is 21.8. The molecule has 1 N–H and O–H groups in total. The molecular formula is C25H54NO3P. The van der Waals surface area contributed by atoms with Crippen LogP contribution in [0.4, 0.5) is 0 Å². The molecule has 0 heterocycles. The van der Waals surface area contributed by atoms with Crippen molar-refractivity contribution in [2.24, 2.45) is 0 Å². The SMILES string of the molecule is CCCCCCCCC(P)(CCCCCCCC)CCCCCCCC.O=[N+]([O-])O. The Balaban J connectivity index is 0. The van der Waals surface area contributed by atoms with Gasteiger partial charge in [0.25, 0.3) is 5.09 Å². The van der Waals surface area contributed by atoms with Gasteiger partial charge in [-0.1, -0.05) is 136 Å². The van der Waals surface area contributed by atoms with Gasteiger partial charge >= 0.3 is 0 Å². The summed E-state index contributed by atoms with van der Waals surface area (Å²) in [5.41, 5.74) is 0. The fraction of sp³-hybridized carbons (Fsp3) is 1.00. The van der Waals surface area contributed by atoms with E-state index in [1.165, 1.54) is 135 Å². The third-order valence-corrected chi connectivity index (χ3v) is 6.95. The predicted molar refractivity (Wildman–Crippen MR) is 135 cm³/mol. The van der Waals surface area contributed by atoms with E-state index in [0.29, 0.717) is 5.16 Å². The number of hydrogen-bond donors (Lipinski definition) is 1. The lowest BCUT2D eigenvalue weighted by molar-refractivity contribution is -0.742. The smallest absolute Gasteiger partial charge is 0.291 e. The van der Waals surface area contributed by atoms with E-state index in [9.17, 15) is 0 Å². The van der Waals surface area contributed by atoms with E-state index in [1.54, 1.807) is 0 Å². The summed E-state index contributed by atoms with van der Waals surface area (Å²) in [5.74, 6) is 0. The Hall–Kier alpha value is -0.370. The first-order chi connectivity index (χ1) is 14.4. The molecule has 0 aliphatic rings. The molecular weight excluding hydrogens is 393 g/mol. The number of hydrogen-bond acceptors (Lipinski definition) is 2. The zero-order valence-electron chi connectivity index (χ0n) is 20.6.